The monoisotopic (exact) mass is 255 g/mol. The van der Waals surface area contributed by atoms with Gasteiger partial charge in [0.15, 0.2) is 11.6 Å². The van der Waals surface area contributed by atoms with E-state index in [-0.39, 0.29) is 11.4 Å². The molecule has 1 aromatic carbocycles. The van der Waals surface area contributed by atoms with Gasteiger partial charge in [0.2, 0.25) is 0 Å². The molecule has 2 aromatic rings. The Morgan fingerprint density at radius 2 is 1.56 bits per heavy atom. The molecular weight excluding hydrogens is 232 g/mol. The van der Waals surface area contributed by atoms with Crippen molar-refractivity contribution in [2.45, 2.75) is 47.5 Å². The molecule has 0 aliphatic carbocycles. The van der Waals surface area contributed by atoms with Crippen molar-refractivity contribution in [1.29, 1.82) is 0 Å². The summed E-state index contributed by atoms with van der Waals surface area (Å²) in [5, 5.41) is 0.715. The van der Waals surface area contributed by atoms with Crippen LogP contribution in [0.4, 0.5) is 8.78 Å². The van der Waals surface area contributed by atoms with Gasteiger partial charge in [-0.15, -0.1) is 0 Å². The van der Waals surface area contributed by atoms with Gasteiger partial charge in [0.25, 0.3) is 0 Å². The number of fused-ring (bicyclic) bond motifs is 1. The van der Waals surface area contributed by atoms with Crippen molar-refractivity contribution in [3.8, 4) is 0 Å². The van der Waals surface area contributed by atoms with Gasteiger partial charge < -0.3 is 4.98 Å². The smallest absolute Gasteiger partial charge is 0.183 e. The molecule has 0 saturated carbocycles. The first-order chi connectivity index (χ1) is 8.61. The average molecular weight is 255 g/mol. The standard InChI is InChI=1S/C11H11F2N.2C2H6/c1-6(2)8-5-7-3-4-14-11(7)10(13)9(8)12;2*1-2/h3-6,14H,1-2H3;2*1-2H3. The Kier molecular flexibility index (Phi) is 7.25. The first-order valence-electron chi connectivity index (χ1n) is 6.56. The second-order valence-corrected chi connectivity index (χ2v) is 3.69. The molecule has 0 bridgehead atoms. The molecule has 3 heteroatoms. The maximum absolute atomic E-state index is 13.5. The van der Waals surface area contributed by atoms with Crippen LogP contribution in [0.1, 0.15) is 53.0 Å². The first-order valence-corrected chi connectivity index (χ1v) is 6.56. The summed E-state index contributed by atoms with van der Waals surface area (Å²) in [5.41, 5.74) is 0.668. The van der Waals surface area contributed by atoms with Crippen LogP contribution in [0.25, 0.3) is 10.9 Å². The van der Waals surface area contributed by atoms with Crippen LogP contribution in [0.3, 0.4) is 0 Å². The lowest BCUT2D eigenvalue weighted by atomic mass is 10.0. The summed E-state index contributed by atoms with van der Waals surface area (Å²) in [6, 6.07) is 3.43. The van der Waals surface area contributed by atoms with Crippen LogP contribution < -0.4 is 0 Å². The highest BCUT2D eigenvalue weighted by molar-refractivity contribution is 5.81. The topological polar surface area (TPSA) is 15.8 Å². The Morgan fingerprint density at radius 3 is 2.06 bits per heavy atom. The van der Waals surface area contributed by atoms with Gasteiger partial charge in [0, 0.05) is 11.6 Å². The van der Waals surface area contributed by atoms with E-state index in [1.165, 1.54) is 0 Å². The zero-order chi connectivity index (χ0) is 14.3. The van der Waals surface area contributed by atoms with Gasteiger partial charge in [0.1, 0.15) is 0 Å². The molecule has 18 heavy (non-hydrogen) atoms. The Hall–Kier alpha value is -1.38. The van der Waals surface area contributed by atoms with E-state index < -0.39 is 11.6 Å². The van der Waals surface area contributed by atoms with Crippen molar-refractivity contribution in [3.63, 3.8) is 0 Å². The minimum Gasteiger partial charge on any atom is -0.359 e. The lowest BCUT2D eigenvalue weighted by molar-refractivity contribution is 0.500. The van der Waals surface area contributed by atoms with Gasteiger partial charge in [-0.25, -0.2) is 8.78 Å². The predicted molar refractivity (Wildman–Crippen MR) is 75.0 cm³/mol. The number of aromatic nitrogens is 1. The second-order valence-electron chi connectivity index (χ2n) is 3.69. The Labute approximate surface area is 108 Å². The number of hydrogen-bond acceptors (Lipinski definition) is 0. The molecule has 102 valence electrons. The molecule has 2 rings (SSSR count). The number of nitrogens with one attached hydrogen (secondary N) is 1. The minimum atomic E-state index is -0.781. The van der Waals surface area contributed by atoms with Crippen molar-refractivity contribution in [3.05, 3.63) is 35.5 Å². The average Bonchev–Trinajstić information content (AvgIpc) is 2.86. The summed E-state index contributed by atoms with van der Waals surface area (Å²) in [4.78, 5) is 2.68. The highest BCUT2D eigenvalue weighted by Crippen LogP contribution is 2.27. The quantitative estimate of drug-likeness (QED) is 0.680. The van der Waals surface area contributed by atoms with Crippen LogP contribution in [0, 0.1) is 11.6 Å². The fourth-order valence-electron chi connectivity index (χ4n) is 1.58. The van der Waals surface area contributed by atoms with Gasteiger partial charge in [-0.05, 0) is 23.6 Å². The zero-order valence-corrected chi connectivity index (χ0v) is 12.1. The molecule has 0 radical (unpaired) electrons. The van der Waals surface area contributed by atoms with Crippen molar-refractivity contribution in [2.24, 2.45) is 0 Å². The van der Waals surface area contributed by atoms with Crippen molar-refractivity contribution in [1.82, 2.24) is 4.98 Å². The SMILES string of the molecule is CC.CC.CC(C)c1cc2cc[nH]c2c(F)c1F. The molecule has 0 aliphatic heterocycles. The summed E-state index contributed by atoms with van der Waals surface area (Å²) >= 11 is 0. The number of rotatable bonds is 1. The normalized spacial score (nSPS) is 9.61. The fourth-order valence-corrected chi connectivity index (χ4v) is 1.58. The molecule has 1 aromatic heterocycles. The highest BCUT2D eigenvalue weighted by Gasteiger charge is 2.15. The lowest BCUT2D eigenvalue weighted by Gasteiger charge is -2.08. The van der Waals surface area contributed by atoms with E-state index >= 15 is 0 Å². The number of H-pyrrole nitrogens is 1. The number of aromatic amines is 1. The number of benzene rings is 1. The molecule has 1 nitrogen and oxygen atoms in total. The molecule has 0 unspecified atom stereocenters. The third kappa shape index (κ3) is 3.31. The fraction of sp³-hybridized carbons (Fsp3) is 0.467. The Morgan fingerprint density at radius 1 is 1.00 bits per heavy atom. The first kappa shape index (κ1) is 16.6. The summed E-state index contributed by atoms with van der Waals surface area (Å²) in [7, 11) is 0. The van der Waals surface area contributed by atoms with E-state index in [1.807, 2.05) is 41.5 Å². The zero-order valence-electron chi connectivity index (χ0n) is 12.1. The summed E-state index contributed by atoms with van der Waals surface area (Å²) in [6.45, 7) is 11.7. The van der Waals surface area contributed by atoms with E-state index in [0.717, 1.165) is 0 Å². The molecule has 0 amide bonds. The van der Waals surface area contributed by atoms with Crippen LogP contribution in [0.5, 0.6) is 0 Å². The maximum Gasteiger partial charge on any atom is 0.183 e. The predicted octanol–water partition coefficient (Wildman–Crippen LogP) is 5.62. The molecular formula is C15H23F2N. The van der Waals surface area contributed by atoms with Gasteiger partial charge in [-0.2, -0.15) is 0 Å². The maximum atomic E-state index is 13.5. The van der Waals surface area contributed by atoms with Crippen LogP contribution in [-0.2, 0) is 0 Å². The van der Waals surface area contributed by atoms with Crippen molar-refractivity contribution >= 4 is 10.9 Å². The third-order valence-corrected chi connectivity index (χ3v) is 2.38. The lowest BCUT2D eigenvalue weighted by Crippen LogP contribution is -1.97. The van der Waals surface area contributed by atoms with Gasteiger partial charge >= 0.3 is 0 Å². The number of halogens is 2. The van der Waals surface area contributed by atoms with Crippen LogP contribution in [0.15, 0.2) is 18.3 Å². The summed E-state index contributed by atoms with van der Waals surface area (Å²) in [6.07, 6.45) is 1.61. The molecule has 1 heterocycles. The largest absolute Gasteiger partial charge is 0.359 e. The van der Waals surface area contributed by atoms with Crippen LogP contribution in [0.2, 0.25) is 0 Å². The van der Waals surface area contributed by atoms with Gasteiger partial charge in [-0.1, -0.05) is 41.5 Å². The second kappa shape index (κ2) is 7.85. The Bertz CT molecular complexity index is 473. The minimum absolute atomic E-state index is 0.0104. The van der Waals surface area contributed by atoms with Gasteiger partial charge in [-0.3, -0.25) is 0 Å². The third-order valence-electron chi connectivity index (χ3n) is 2.38. The van der Waals surface area contributed by atoms with Crippen molar-refractivity contribution in [2.75, 3.05) is 0 Å². The molecule has 0 aliphatic rings. The van der Waals surface area contributed by atoms with Gasteiger partial charge in [0.05, 0.1) is 5.52 Å². The number of hydrogen-bond donors (Lipinski definition) is 1. The molecule has 0 fully saturated rings. The molecule has 0 saturated heterocycles. The summed E-state index contributed by atoms with van der Waals surface area (Å²) < 4.78 is 26.9. The van der Waals surface area contributed by atoms with E-state index in [1.54, 1.807) is 18.3 Å². The van der Waals surface area contributed by atoms with Crippen molar-refractivity contribution < 1.29 is 8.78 Å². The van der Waals surface area contributed by atoms with Crippen LogP contribution >= 0.6 is 0 Å². The molecule has 0 spiro atoms. The molecule has 1 N–H and O–H groups in total. The van der Waals surface area contributed by atoms with Crippen LogP contribution in [-0.4, -0.2) is 4.98 Å². The van der Waals surface area contributed by atoms with E-state index in [4.69, 9.17) is 0 Å². The molecule has 0 atom stereocenters. The summed E-state index contributed by atoms with van der Waals surface area (Å²) in [5.74, 6) is -1.53. The highest BCUT2D eigenvalue weighted by atomic mass is 19.2. The van der Waals surface area contributed by atoms with E-state index in [9.17, 15) is 8.78 Å². The van der Waals surface area contributed by atoms with E-state index in [2.05, 4.69) is 4.98 Å². The van der Waals surface area contributed by atoms with E-state index in [0.29, 0.717) is 10.9 Å². The Balaban J connectivity index is 0.000000659.